The number of halogens is 1. The summed E-state index contributed by atoms with van der Waals surface area (Å²) in [4.78, 5) is 12.5. The third kappa shape index (κ3) is 2.25. The minimum absolute atomic E-state index is 0.0394. The van der Waals surface area contributed by atoms with Gasteiger partial charge in [0.15, 0.2) is 5.78 Å². The summed E-state index contributed by atoms with van der Waals surface area (Å²) in [5.41, 5.74) is -0.152. The fourth-order valence-corrected chi connectivity index (χ4v) is 2.67. The van der Waals surface area contributed by atoms with E-state index in [1.54, 1.807) is 18.2 Å². The van der Waals surface area contributed by atoms with E-state index in [9.17, 15) is 9.18 Å². The topological polar surface area (TPSA) is 29.1 Å². The van der Waals surface area contributed by atoms with Crippen LogP contribution in [0.3, 0.4) is 0 Å². The van der Waals surface area contributed by atoms with Crippen molar-refractivity contribution >= 4 is 5.78 Å². The molecule has 0 spiro atoms. The van der Waals surface area contributed by atoms with Crippen molar-refractivity contribution in [1.29, 1.82) is 0 Å². The molecule has 1 aromatic carbocycles. The van der Waals surface area contributed by atoms with Gasteiger partial charge in [-0.2, -0.15) is 0 Å². The van der Waals surface area contributed by atoms with Crippen molar-refractivity contribution in [3.63, 3.8) is 0 Å². The molecule has 2 rings (SSSR count). The van der Waals surface area contributed by atoms with Gasteiger partial charge in [0.1, 0.15) is 5.82 Å². The van der Waals surface area contributed by atoms with Crippen molar-refractivity contribution < 1.29 is 9.18 Å². The molecule has 0 aromatic heterocycles. The van der Waals surface area contributed by atoms with Crippen LogP contribution in [-0.4, -0.2) is 18.9 Å². The fraction of sp³-hybridized carbons (Fsp3) is 0.500. The second-order valence-electron chi connectivity index (χ2n) is 4.77. The van der Waals surface area contributed by atoms with Crippen LogP contribution in [0.25, 0.3) is 0 Å². The smallest absolute Gasteiger partial charge is 0.173 e. The number of hydrogen-bond acceptors (Lipinski definition) is 2. The van der Waals surface area contributed by atoms with Crippen molar-refractivity contribution in [2.75, 3.05) is 13.1 Å². The minimum Gasteiger partial charge on any atom is -0.316 e. The summed E-state index contributed by atoms with van der Waals surface area (Å²) in [6.07, 6.45) is 2.59. The maximum Gasteiger partial charge on any atom is 0.173 e. The molecular formula is C14H18FNO. The first kappa shape index (κ1) is 12.2. The van der Waals surface area contributed by atoms with Crippen molar-refractivity contribution in [3.8, 4) is 0 Å². The van der Waals surface area contributed by atoms with Crippen molar-refractivity contribution in [2.45, 2.75) is 26.2 Å². The second-order valence-corrected chi connectivity index (χ2v) is 4.77. The zero-order chi connectivity index (χ0) is 12.3. The SMILES string of the molecule is CCCC1(C(=O)c2ccccc2F)CCNC1. The van der Waals surface area contributed by atoms with Gasteiger partial charge in [0.2, 0.25) is 0 Å². The highest BCUT2D eigenvalue weighted by Crippen LogP contribution is 2.35. The summed E-state index contributed by atoms with van der Waals surface area (Å²) in [7, 11) is 0. The van der Waals surface area contributed by atoms with Gasteiger partial charge in [0.05, 0.1) is 5.56 Å². The zero-order valence-corrected chi connectivity index (χ0v) is 10.1. The molecule has 17 heavy (non-hydrogen) atoms. The Kier molecular flexibility index (Phi) is 3.57. The van der Waals surface area contributed by atoms with Gasteiger partial charge < -0.3 is 5.32 Å². The van der Waals surface area contributed by atoms with Crippen molar-refractivity contribution in [3.05, 3.63) is 35.6 Å². The lowest BCUT2D eigenvalue weighted by Gasteiger charge is -2.26. The maximum absolute atomic E-state index is 13.7. The van der Waals surface area contributed by atoms with E-state index in [1.807, 2.05) is 0 Å². The molecule has 0 amide bonds. The molecule has 1 fully saturated rings. The lowest BCUT2D eigenvalue weighted by atomic mass is 9.76. The molecule has 0 radical (unpaired) electrons. The molecule has 1 N–H and O–H groups in total. The highest BCUT2D eigenvalue weighted by atomic mass is 19.1. The summed E-state index contributed by atoms with van der Waals surface area (Å²) in [6, 6.07) is 6.28. The average molecular weight is 235 g/mol. The van der Waals surface area contributed by atoms with Gasteiger partial charge >= 0.3 is 0 Å². The van der Waals surface area contributed by atoms with Gasteiger partial charge in [0.25, 0.3) is 0 Å². The largest absolute Gasteiger partial charge is 0.316 e. The summed E-state index contributed by atoms with van der Waals surface area (Å²) in [5.74, 6) is -0.442. The first-order chi connectivity index (χ1) is 8.19. The Morgan fingerprint density at radius 1 is 1.47 bits per heavy atom. The minimum atomic E-state index is -0.403. The van der Waals surface area contributed by atoms with Crippen LogP contribution in [0.1, 0.15) is 36.5 Å². The quantitative estimate of drug-likeness (QED) is 0.813. The number of rotatable bonds is 4. The van der Waals surface area contributed by atoms with Crippen LogP contribution in [0, 0.1) is 11.2 Å². The Bertz CT molecular complexity index is 410. The molecule has 2 nitrogen and oxygen atoms in total. The summed E-state index contributed by atoms with van der Waals surface area (Å²) in [5, 5.41) is 3.22. The highest BCUT2D eigenvalue weighted by Gasteiger charge is 2.41. The van der Waals surface area contributed by atoms with Gasteiger partial charge in [-0.3, -0.25) is 4.79 Å². The molecule has 1 atom stereocenters. The number of benzene rings is 1. The lowest BCUT2D eigenvalue weighted by molar-refractivity contribution is 0.0797. The average Bonchev–Trinajstić information content (AvgIpc) is 2.79. The Hall–Kier alpha value is -1.22. The molecule has 1 saturated heterocycles. The van der Waals surface area contributed by atoms with Gasteiger partial charge in [-0.05, 0) is 31.5 Å². The standard InChI is InChI=1S/C14H18FNO/c1-2-7-14(8-9-16-10-14)13(17)11-5-3-4-6-12(11)15/h3-6,16H,2,7-10H2,1H3. The zero-order valence-electron chi connectivity index (χ0n) is 10.1. The van der Waals surface area contributed by atoms with Crippen molar-refractivity contribution in [1.82, 2.24) is 5.32 Å². The van der Waals surface area contributed by atoms with Crippen LogP contribution in [0.4, 0.5) is 4.39 Å². The fourth-order valence-electron chi connectivity index (χ4n) is 2.67. The number of carbonyl (C=O) groups is 1. The highest BCUT2D eigenvalue weighted by molar-refractivity contribution is 6.01. The molecule has 0 bridgehead atoms. The lowest BCUT2D eigenvalue weighted by Crippen LogP contribution is -2.34. The molecule has 1 aliphatic rings. The number of nitrogens with one attached hydrogen (secondary N) is 1. The van der Waals surface area contributed by atoms with Crippen LogP contribution in [0.15, 0.2) is 24.3 Å². The Morgan fingerprint density at radius 2 is 2.24 bits per heavy atom. The number of Topliss-reactive ketones (excluding diaryl/α,β-unsaturated/α-hetero) is 1. The molecule has 1 aliphatic heterocycles. The third-order valence-corrected chi connectivity index (χ3v) is 3.57. The van der Waals surface area contributed by atoms with Gasteiger partial charge in [-0.1, -0.05) is 25.5 Å². The normalized spacial score (nSPS) is 23.9. The van der Waals surface area contributed by atoms with E-state index in [1.165, 1.54) is 6.07 Å². The van der Waals surface area contributed by atoms with E-state index < -0.39 is 11.2 Å². The van der Waals surface area contributed by atoms with E-state index in [2.05, 4.69) is 12.2 Å². The first-order valence-electron chi connectivity index (χ1n) is 6.20. The molecule has 92 valence electrons. The first-order valence-corrected chi connectivity index (χ1v) is 6.20. The predicted octanol–water partition coefficient (Wildman–Crippen LogP) is 2.79. The van der Waals surface area contributed by atoms with E-state index in [-0.39, 0.29) is 11.3 Å². The summed E-state index contributed by atoms with van der Waals surface area (Å²) in [6.45, 7) is 3.59. The molecule has 1 aromatic rings. The third-order valence-electron chi connectivity index (χ3n) is 3.57. The van der Waals surface area contributed by atoms with Crippen LogP contribution < -0.4 is 5.32 Å². The molecular weight excluding hydrogens is 217 g/mol. The number of hydrogen-bond donors (Lipinski definition) is 1. The van der Waals surface area contributed by atoms with E-state index in [0.717, 1.165) is 25.8 Å². The Labute approximate surface area is 101 Å². The van der Waals surface area contributed by atoms with Gasteiger partial charge in [-0.15, -0.1) is 0 Å². The van der Waals surface area contributed by atoms with Gasteiger partial charge in [-0.25, -0.2) is 4.39 Å². The predicted molar refractivity (Wildman–Crippen MR) is 65.6 cm³/mol. The van der Waals surface area contributed by atoms with E-state index in [4.69, 9.17) is 0 Å². The maximum atomic E-state index is 13.7. The van der Waals surface area contributed by atoms with Crippen LogP contribution in [-0.2, 0) is 0 Å². The van der Waals surface area contributed by atoms with E-state index >= 15 is 0 Å². The van der Waals surface area contributed by atoms with Crippen LogP contribution in [0.5, 0.6) is 0 Å². The second kappa shape index (κ2) is 4.96. The molecule has 1 unspecified atom stereocenters. The number of carbonyl (C=O) groups excluding carboxylic acids is 1. The Balaban J connectivity index is 2.32. The molecule has 1 heterocycles. The van der Waals surface area contributed by atoms with Gasteiger partial charge in [0, 0.05) is 12.0 Å². The van der Waals surface area contributed by atoms with E-state index in [0.29, 0.717) is 6.54 Å². The van der Waals surface area contributed by atoms with Crippen molar-refractivity contribution in [2.24, 2.45) is 5.41 Å². The molecule has 3 heteroatoms. The van der Waals surface area contributed by atoms with Crippen LogP contribution >= 0.6 is 0 Å². The molecule has 0 aliphatic carbocycles. The monoisotopic (exact) mass is 235 g/mol. The summed E-state index contributed by atoms with van der Waals surface area (Å²) < 4.78 is 13.7. The summed E-state index contributed by atoms with van der Waals surface area (Å²) >= 11 is 0. The Morgan fingerprint density at radius 3 is 2.82 bits per heavy atom. The number of ketones is 1. The molecule has 0 saturated carbocycles. The van der Waals surface area contributed by atoms with Crippen LogP contribution in [0.2, 0.25) is 0 Å².